The third kappa shape index (κ3) is 5.67. The lowest BCUT2D eigenvalue weighted by Gasteiger charge is -2.36. The van der Waals surface area contributed by atoms with E-state index >= 15 is 8.78 Å². The molecule has 0 spiro atoms. The second kappa shape index (κ2) is 11.6. The second-order valence-electron chi connectivity index (χ2n) is 9.21. The summed E-state index contributed by atoms with van der Waals surface area (Å²) in [5.41, 5.74) is 1.90. The topological polar surface area (TPSA) is 126 Å². The zero-order valence-electron chi connectivity index (χ0n) is 21.5. The zero-order chi connectivity index (χ0) is 28.2. The third-order valence-corrected chi connectivity index (χ3v) is 6.64. The minimum atomic E-state index is -1.06. The van der Waals surface area contributed by atoms with Gasteiger partial charge in [-0.2, -0.15) is 0 Å². The van der Waals surface area contributed by atoms with E-state index in [0.29, 0.717) is 60.6 Å². The fraction of sp³-hybridized carbons (Fsp3) is 0.214. The van der Waals surface area contributed by atoms with Gasteiger partial charge in [0.25, 0.3) is 0 Å². The quantitative estimate of drug-likeness (QED) is 0.248. The monoisotopic (exact) mass is 547 g/mol. The summed E-state index contributed by atoms with van der Waals surface area (Å²) in [5.74, 6) is -2.43. The summed E-state index contributed by atoms with van der Waals surface area (Å²) in [6.45, 7) is 6.34. The van der Waals surface area contributed by atoms with Crippen LogP contribution in [0.25, 0.3) is 22.2 Å². The molecule has 10 nitrogen and oxygen atoms in total. The molecule has 1 saturated heterocycles. The van der Waals surface area contributed by atoms with Crippen molar-refractivity contribution in [3.05, 3.63) is 83.3 Å². The van der Waals surface area contributed by atoms with Gasteiger partial charge in [0.15, 0.2) is 11.6 Å². The van der Waals surface area contributed by atoms with Crippen LogP contribution in [0.2, 0.25) is 0 Å². The Morgan fingerprint density at radius 2 is 1.93 bits per heavy atom. The van der Waals surface area contributed by atoms with Crippen LogP contribution >= 0.6 is 0 Å². The van der Waals surface area contributed by atoms with Gasteiger partial charge in [0.1, 0.15) is 5.52 Å². The summed E-state index contributed by atoms with van der Waals surface area (Å²) >= 11 is 0. The van der Waals surface area contributed by atoms with Crippen molar-refractivity contribution in [2.24, 2.45) is 0 Å². The molecule has 206 valence electrons. The average molecular weight is 548 g/mol. The number of aromatic nitrogens is 3. The van der Waals surface area contributed by atoms with Crippen molar-refractivity contribution >= 4 is 40.0 Å². The molecular formula is C28H27F2N7O3. The number of carbonyl (C=O) groups excluding carboxylic acids is 1. The van der Waals surface area contributed by atoms with Gasteiger partial charge in [0.05, 0.1) is 29.7 Å². The van der Waals surface area contributed by atoms with Crippen LogP contribution in [0.15, 0.2) is 66.1 Å². The second-order valence-corrected chi connectivity index (χ2v) is 9.21. The molecule has 4 aromatic rings. The van der Waals surface area contributed by atoms with E-state index in [1.54, 1.807) is 29.2 Å². The van der Waals surface area contributed by atoms with Gasteiger partial charge in [-0.25, -0.2) is 18.7 Å². The Labute approximate surface area is 228 Å². The molecule has 1 fully saturated rings. The van der Waals surface area contributed by atoms with Gasteiger partial charge in [-0.05, 0) is 35.9 Å². The number of halogens is 2. The maximum absolute atomic E-state index is 15.1. The molecule has 0 radical (unpaired) electrons. The molecule has 0 aliphatic carbocycles. The predicted molar refractivity (Wildman–Crippen MR) is 150 cm³/mol. The van der Waals surface area contributed by atoms with Crippen LogP contribution in [0.1, 0.15) is 0 Å². The number of hydrogen-bond donors (Lipinski definition) is 4. The van der Waals surface area contributed by atoms with Crippen molar-refractivity contribution < 1.29 is 18.7 Å². The van der Waals surface area contributed by atoms with Crippen LogP contribution in [0.4, 0.5) is 31.8 Å². The Morgan fingerprint density at radius 1 is 1.12 bits per heavy atom. The van der Waals surface area contributed by atoms with Crippen molar-refractivity contribution in [2.75, 3.05) is 54.9 Å². The summed E-state index contributed by atoms with van der Waals surface area (Å²) in [4.78, 5) is 39.2. The zero-order valence-corrected chi connectivity index (χ0v) is 21.5. The molecule has 1 amide bonds. The van der Waals surface area contributed by atoms with Crippen LogP contribution in [-0.2, 0) is 4.79 Å². The Hall–Kier alpha value is -4.68. The summed E-state index contributed by atoms with van der Waals surface area (Å²) in [7, 11) is 0. The Morgan fingerprint density at radius 3 is 2.67 bits per heavy atom. The molecule has 5 rings (SSSR count). The largest absolute Gasteiger partial charge is 0.395 e. The van der Waals surface area contributed by atoms with Gasteiger partial charge in [-0.3, -0.25) is 14.5 Å². The number of benzene rings is 2. The number of β-amino-alcohol motifs (C(OH)–C–C–N with tert-alkyl or cyclic N) is 1. The van der Waals surface area contributed by atoms with E-state index in [0.717, 1.165) is 6.08 Å². The number of carbonyl (C=O) groups is 1. The third-order valence-electron chi connectivity index (χ3n) is 6.64. The Kier molecular flexibility index (Phi) is 7.80. The lowest BCUT2D eigenvalue weighted by molar-refractivity contribution is -0.111. The minimum Gasteiger partial charge on any atom is -0.395 e. The maximum Gasteiger partial charge on any atom is 0.249 e. The highest BCUT2D eigenvalue weighted by atomic mass is 19.2. The number of amides is 1. The summed E-state index contributed by atoms with van der Waals surface area (Å²) < 4.78 is 30.2. The number of aromatic amines is 1. The first kappa shape index (κ1) is 26.9. The van der Waals surface area contributed by atoms with E-state index in [-0.39, 0.29) is 35.4 Å². The van der Waals surface area contributed by atoms with E-state index < -0.39 is 11.6 Å². The molecule has 2 aromatic heterocycles. The smallest absolute Gasteiger partial charge is 0.249 e. The Balaban J connectivity index is 1.43. The molecule has 4 N–H and O–H groups in total. The number of aliphatic hydroxyl groups is 1. The number of nitrogens with zero attached hydrogens (tertiary/aromatic N) is 4. The van der Waals surface area contributed by atoms with E-state index in [1.165, 1.54) is 24.4 Å². The van der Waals surface area contributed by atoms with Crippen LogP contribution < -0.4 is 21.1 Å². The molecule has 0 atom stereocenters. The van der Waals surface area contributed by atoms with Gasteiger partial charge in [-0.1, -0.05) is 18.7 Å². The van der Waals surface area contributed by atoms with Crippen molar-refractivity contribution in [3.63, 3.8) is 0 Å². The molecule has 1 aliphatic rings. The van der Waals surface area contributed by atoms with E-state index in [2.05, 4.69) is 37.1 Å². The number of piperazine rings is 1. The van der Waals surface area contributed by atoms with Gasteiger partial charge in [0.2, 0.25) is 17.4 Å². The average Bonchev–Trinajstić information content (AvgIpc) is 2.96. The first-order chi connectivity index (χ1) is 19.4. The normalized spacial score (nSPS) is 13.8. The van der Waals surface area contributed by atoms with E-state index in [4.69, 9.17) is 5.11 Å². The summed E-state index contributed by atoms with van der Waals surface area (Å²) in [6, 6.07) is 11.2. The molecule has 3 heterocycles. The fourth-order valence-corrected chi connectivity index (χ4v) is 4.64. The number of pyridine rings is 1. The van der Waals surface area contributed by atoms with Crippen LogP contribution in [-0.4, -0.2) is 70.2 Å². The molecule has 0 unspecified atom stereocenters. The first-order valence-corrected chi connectivity index (χ1v) is 12.6. The van der Waals surface area contributed by atoms with Crippen LogP contribution in [0.5, 0.6) is 0 Å². The molecule has 0 bridgehead atoms. The molecule has 0 saturated carbocycles. The molecule has 40 heavy (non-hydrogen) atoms. The van der Waals surface area contributed by atoms with Crippen LogP contribution in [0, 0.1) is 11.6 Å². The number of rotatable bonds is 8. The van der Waals surface area contributed by atoms with Crippen LogP contribution in [0.3, 0.4) is 0 Å². The lowest BCUT2D eigenvalue weighted by atomic mass is 10.0. The Bertz CT molecular complexity index is 1630. The summed E-state index contributed by atoms with van der Waals surface area (Å²) in [5, 5.41) is 14.5. The molecular weight excluding hydrogens is 520 g/mol. The standard InChI is InChI=1S/C28H27F2N7O3/c1-2-23(39)32-18-5-3-4-17(14-18)19-15-24(40)33-21-16-31-28(35-27(19)21)34-20-6-7-22(26(30)25(20)29)37-10-8-36(9-11-37)12-13-38/h2-7,14-16,38H,1,8-13H2,(H,32,39)(H,33,40)(H,31,34,35). The first-order valence-electron chi connectivity index (χ1n) is 12.6. The van der Waals surface area contributed by atoms with Crippen molar-refractivity contribution in [1.29, 1.82) is 0 Å². The molecule has 2 aromatic carbocycles. The van der Waals surface area contributed by atoms with Crippen molar-refractivity contribution in [2.45, 2.75) is 0 Å². The molecule has 1 aliphatic heterocycles. The van der Waals surface area contributed by atoms with Gasteiger partial charge >= 0.3 is 0 Å². The highest BCUT2D eigenvalue weighted by molar-refractivity contribution is 6.00. The fourth-order valence-electron chi connectivity index (χ4n) is 4.64. The number of fused-ring (bicyclic) bond motifs is 1. The minimum absolute atomic E-state index is 0.000538. The molecule has 12 heteroatoms. The maximum atomic E-state index is 15.1. The van der Waals surface area contributed by atoms with Gasteiger partial charge in [0, 0.05) is 50.0 Å². The predicted octanol–water partition coefficient (Wildman–Crippen LogP) is 3.25. The summed E-state index contributed by atoms with van der Waals surface area (Å²) in [6.07, 6.45) is 2.53. The SMILES string of the molecule is C=CC(=O)Nc1cccc(-c2cc(=O)[nH]c3cnc(Nc4ccc(N5CCN(CCO)CC5)c(F)c4F)nc23)c1. The number of hydrogen-bond acceptors (Lipinski definition) is 8. The number of aliphatic hydroxyl groups excluding tert-OH is 1. The van der Waals surface area contributed by atoms with Gasteiger partial charge in [-0.15, -0.1) is 0 Å². The number of nitrogens with one attached hydrogen (secondary N) is 3. The number of anilines is 4. The van der Waals surface area contributed by atoms with Crippen molar-refractivity contribution in [3.8, 4) is 11.1 Å². The van der Waals surface area contributed by atoms with Gasteiger partial charge < -0.3 is 25.6 Å². The van der Waals surface area contributed by atoms with Crippen molar-refractivity contribution in [1.82, 2.24) is 19.9 Å². The highest BCUT2D eigenvalue weighted by Crippen LogP contribution is 2.31. The van der Waals surface area contributed by atoms with E-state index in [9.17, 15) is 9.59 Å². The lowest BCUT2D eigenvalue weighted by Crippen LogP contribution is -2.47. The van der Waals surface area contributed by atoms with E-state index in [1.807, 2.05) is 0 Å². The number of H-pyrrole nitrogens is 1. The highest BCUT2D eigenvalue weighted by Gasteiger charge is 2.23.